The molecule has 0 bridgehead atoms. The van der Waals surface area contributed by atoms with E-state index in [0.29, 0.717) is 6.61 Å². The highest BCUT2D eigenvalue weighted by Crippen LogP contribution is 2.12. The summed E-state index contributed by atoms with van der Waals surface area (Å²) in [6, 6.07) is 9.55. The molecule has 0 N–H and O–H groups in total. The summed E-state index contributed by atoms with van der Waals surface area (Å²) in [5, 5.41) is 11.7. The van der Waals surface area contributed by atoms with Gasteiger partial charge in [-0.3, -0.25) is 0 Å². The summed E-state index contributed by atoms with van der Waals surface area (Å²) in [4.78, 5) is 0. The maximum atomic E-state index is 11.7. The van der Waals surface area contributed by atoms with Gasteiger partial charge >= 0.3 is 0 Å². The second kappa shape index (κ2) is 9.95. The van der Waals surface area contributed by atoms with Crippen LogP contribution in [0.4, 0.5) is 0 Å². The predicted molar refractivity (Wildman–Crippen MR) is 74.4 cm³/mol. The van der Waals surface area contributed by atoms with Gasteiger partial charge in [-0.2, -0.15) is 0 Å². The van der Waals surface area contributed by atoms with Crippen LogP contribution >= 0.6 is 0 Å². The Bertz CT molecular complexity index is 284. The zero-order chi connectivity index (χ0) is 13.1. The predicted octanol–water partition coefficient (Wildman–Crippen LogP) is 4.62. The van der Waals surface area contributed by atoms with Gasteiger partial charge in [-0.15, -0.1) is 0 Å². The van der Waals surface area contributed by atoms with Gasteiger partial charge in [-0.25, -0.2) is 5.11 Å². The molecular formula is C16H25O2. The molecule has 0 aromatic heterocycles. The van der Waals surface area contributed by atoms with Crippen molar-refractivity contribution in [2.75, 3.05) is 6.61 Å². The number of unbranched alkanes of at least 4 members (excludes halogenated alkanes) is 5. The second-order valence-corrected chi connectivity index (χ2v) is 4.80. The van der Waals surface area contributed by atoms with Crippen molar-refractivity contribution in [1.29, 1.82) is 0 Å². The van der Waals surface area contributed by atoms with Crippen molar-refractivity contribution in [2.45, 2.75) is 58.0 Å². The minimum Gasteiger partial charge on any atom is -0.491 e. The number of hydrogen-bond acceptors (Lipinski definition) is 1. The zero-order valence-corrected chi connectivity index (χ0v) is 11.4. The molecular weight excluding hydrogens is 224 g/mol. The Morgan fingerprint density at radius 3 is 2.39 bits per heavy atom. The Hall–Kier alpha value is -1.02. The first-order chi connectivity index (χ1) is 8.83. The van der Waals surface area contributed by atoms with E-state index in [2.05, 4.69) is 6.92 Å². The molecule has 0 saturated heterocycles. The Labute approximate surface area is 111 Å². The van der Waals surface area contributed by atoms with Crippen molar-refractivity contribution >= 4 is 0 Å². The van der Waals surface area contributed by atoms with Crippen LogP contribution in [0.1, 0.15) is 51.9 Å². The third-order valence-corrected chi connectivity index (χ3v) is 3.06. The van der Waals surface area contributed by atoms with Crippen LogP contribution < -0.4 is 4.74 Å². The fourth-order valence-electron chi connectivity index (χ4n) is 1.94. The van der Waals surface area contributed by atoms with Gasteiger partial charge in [0, 0.05) is 0 Å². The number of ether oxygens (including phenoxy) is 1. The van der Waals surface area contributed by atoms with Crippen LogP contribution in [-0.4, -0.2) is 12.7 Å². The molecule has 2 heteroatoms. The van der Waals surface area contributed by atoms with E-state index in [0.717, 1.165) is 18.6 Å². The van der Waals surface area contributed by atoms with Gasteiger partial charge in [0.15, 0.2) is 0 Å². The average molecular weight is 249 g/mol. The maximum Gasteiger partial charge on any atom is 0.127 e. The Morgan fingerprint density at radius 2 is 1.67 bits per heavy atom. The second-order valence-electron chi connectivity index (χ2n) is 4.80. The lowest BCUT2D eigenvalue weighted by molar-refractivity contribution is 0.0362. The zero-order valence-electron chi connectivity index (χ0n) is 11.4. The van der Waals surface area contributed by atoms with Crippen LogP contribution in [0.3, 0.4) is 0 Å². The molecule has 0 spiro atoms. The van der Waals surface area contributed by atoms with Gasteiger partial charge in [0.2, 0.25) is 0 Å². The van der Waals surface area contributed by atoms with Gasteiger partial charge in [0.25, 0.3) is 0 Å². The van der Waals surface area contributed by atoms with Crippen molar-refractivity contribution in [2.24, 2.45) is 0 Å². The highest BCUT2D eigenvalue weighted by Gasteiger charge is 2.06. The van der Waals surface area contributed by atoms with Crippen LogP contribution in [0.25, 0.3) is 0 Å². The standard InChI is InChI=1S/C16H25O2/c1-2-3-4-5-6-8-11-15(17)14-18-16-12-9-7-10-13-16/h7,9-10,12-13,15H,2-6,8,11,14H2,1H3. The molecule has 101 valence electrons. The van der Waals surface area contributed by atoms with Crippen molar-refractivity contribution < 1.29 is 9.84 Å². The van der Waals surface area contributed by atoms with Crippen LogP contribution in [0.5, 0.6) is 5.75 Å². The normalized spacial score (nSPS) is 12.3. The van der Waals surface area contributed by atoms with E-state index in [1.54, 1.807) is 0 Å². The highest BCUT2D eigenvalue weighted by atomic mass is 16.5. The quantitative estimate of drug-likeness (QED) is 0.556. The average Bonchev–Trinajstić information content (AvgIpc) is 2.41. The van der Waals surface area contributed by atoms with E-state index < -0.39 is 6.10 Å². The van der Waals surface area contributed by atoms with Crippen LogP contribution in [0.15, 0.2) is 30.3 Å². The third kappa shape index (κ3) is 7.33. The summed E-state index contributed by atoms with van der Waals surface area (Å²) in [7, 11) is 0. The molecule has 18 heavy (non-hydrogen) atoms. The molecule has 1 rings (SSSR count). The fraction of sp³-hybridized carbons (Fsp3) is 0.625. The van der Waals surface area contributed by atoms with E-state index in [9.17, 15) is 5.11 Å². The minimum absolute atomic E-state index is 0.291. The molecule has 2 nitrogen and oxygen atoms in total. The van der Waals surface area contributed by atoms with Crippen LogP contribution in [-0.2, 0) is 5.11 Å². The lowest BCUT2D eigenvalue weighted by Gasteiger charge is -2.10. The van der Waals surface area contributed by atoms with Gasteiger partial charge in [-0.05, 0) is 18.6 Å². The third-order valence-electron chi connectivity index (χ3n) is 3.06. The first-order valence-electron chi connectivity index (χ1n) is 7.16. The molecule has 0 fully saturated rings. The molecule has 0 saturated carbocycles. The van der Waals surface area contributed by atoms with Crippen molar-refractivity contribution in [3.63, 3.8) is 0 Å². The summed E-state index contributed by atoms with van der Waals surface area (Å²) in [6.45, 7) is 2.51. The monoisotopic (exact) mass is 249 g/mol. The SMILES string of the molecule is CCCCCCCCC([O])COc1ccccc1. The van der Waals surface area contributed by atoms with Crippen LogP contribution in [0.2, 0.25) is 0 Å². The highest BCUT2D eigenvalue weighted by molar-refractivity contribution is 5.20. The fourth-order valence-corrected chi connectivity index (χ4v) is 1.94. The van der Waals surface area contributed by atoms with Gasteiger partial charge < -0.3 is 4.74 Å². The van der Waals surface area contributed by atoms with Gasteiger partial charge in [0.1, 0.15) is 18.5 Å². The summed E-state index contributed by atoms with van der Waals surface area (Å²) < 4.78 is 5.45. The van der Waals surface area contributed by atoms with Crippen molar-refractivity contribution in [3.8, 4) is 5.75 Å². The number of rotatable bonds is 10. The Kier molecular flexibility index (Phi) is 8.32. The van der Waals surface area contributed by atoms with Crippen LogP contribution in [0, 0.1) is 0 Å². The molecule has 0 aliphatic carbocycles. The molecule has 0 amide bonds. The first kappa shape index (κ1) is 15.0. The molecule has 1 aromatic carbocycles. The minimum atomic E-state index is -0.587. The molecule has 1 aromatic rings. The molecule has 0 aliphatic rings. The molecule has 0 aliphatic heterocycles. The molecule has 1 unspecified atom stereocenters. The van der Waals surface area contributed by atoms with E-state index in [4.69, 9.17) is 4.74 Å². The van der Waals surface area contributed by atoms with E-state index >= 15 is 0 Å². The first-order valence-corrected chi connectivity index (χ1v) is 7.16. The van der Waals surface area contributed by atoms with Gasteiger partial charge in [0.05, 0.1) is 0 Å². The number of para-hydroxylation sites is 1. The molecule has 1 atom stereocenters. The lowest BCUT2D eigenvalue weighted by Crippen LogP contribution is -2.15. The van der Waals surface area contributed by atoms with E-state index in [-0.39, 0.29) is 0 Å². The number of hydrogen-bond donors (Lipinski definition) is 0. The van der Waals surface area contributed by atoms with Gasteiger partial charge in [-0.1, -0.05) is 63.6 Å². The number of benzene rings is 1. The van der Waals surface area contributed by atoms with Crippen molar-refractivity contribution in [3.05, 3.63) is 30.3 Å². The summed E-state index contributed by atoms with van der Waals surface area (Å²) in [6.07, 6.45) is 7.53. The Balaban J connectivity index is 1.99. The smallest absolute Gasteiger partial charge is 0.127 e. The summed E-state index contributed by atoms with van der Waals surface area (Å²) in [5.74, 6) is 0.793. The molecule has 1 radical (unpaired) electrons. The Morgan fingerprint density at radius 1 is 1.00 bits per heavy atom. The van der Waals surface area contributed by atoms with E-state index in [1.807, 2.05) is 30.3 Å². The topological polar surface area (TPSA) is 29.1 Å². The lowest BCUT2D eigenvalue weighted by atomic mass is 10.1. The van der Waals surface area contributed by atoms with E-state index in [1.165, 1.54) is 32.1 Å². The molecule has 0 heterocycles. The largest absolute Gasteiger partial charge is 0.491 e. The van der Waals surface area contributed by atoms with Crippen molar-refractivity contribution in [1.82, 2.24) is 0 Å². The summed E-state index contributed by atoms with van der Waals surface area (Å²) >= 11 is 0. The maximum absolute atomic E-state index is 11.7. The summed E-state index contributed by atoms with van der Waals surface area (Å²) in [5.41, 5.74) is 0.